The molecule has 19 heavy (non-hydrogen) atoms. The Bertz CT molecular complexity index is 571. The van der Waals surface area contributed by atoms with Gasteiger partial charge in [0.15, 0.2) is 11.5 Å². The number of halogens is 1. The Kier molecular flexibility index (Phi) is 3.98. The van der Waals surface area contributed by atoms with Crippen LogP contribution in [0, 0.1) is 0 Å². The number of rotatable bonds is 3. The third kappa shape index (κ3) is 2.89. The molecule has 0 saturated heterocycles. The number of aromatic nitrogens is 3. The van der Waals surface area contributed by atoms with Crippen molar-refractivity contribution in [3.63, 3.8) is 0 Å². The molecule has 1 N–H and O–H groups in total. The summed E-state index contributed by atoms with van der Waals surface area (Å²) in [6, 6.07) is 0.508. The molecule has 1 fully saturated rings. The minimum atomic E-state index is 0.508. The SMILES string of the molecule is CSC1CCCC(Nc2nc(Br)cn3ccnc23)C1. The molecule has 0 spiro atoms. The molecule has 2 unspecified atom stereocenters. The zero-order chi connectivity index (χ0) is 13.2. The first kappa shape index (κ1) is 13.2. The lowest BCUT2D eigenvalue weighted by Gasteiger charge is -2.29. The molecule has 0 amide bonds. The second-order valence-electron chi connectivity index (χ2n) is 4.94. The molecular formula is C13H17BrN4S. The Hall–Kier alpha value is -0.750. The van der Waals surface area contributed by atoms with E-state index in [0.29, 0.717) is 6.04 Å². The Morgan fingerprint density at radius 3 is 3.21 bits per heavy atom. The third-order valence-electron chi connectivity index (χ3n) is 3.64. The predicted octanol–water partition coefficient (Wildman–Crippen LogP) is 3.58. The molecule has 2 aromatic rings. The van der Waals surface area contributed by atoms with E-state index in [1.807, 2.05) is 28.6 Å². The summed E-state index contributed by atoms with van der Waals surface area (Å²) in [4.78, 5) is 8.91. The number of nitrogens with one attached hydrogen (secondary N) is 1. The van der Waals surface area contributed by atoms with Crippen molar-refractivity contribution in [3.05, 3.63) is 23.2 Å². The lowest BCUT2D eigenvalue weighted by Crippen LogP contribution is -2.29. The average Bonchev–Trinajstić information content (AvgIpc) is 2.87. The van der Waals surface area contributed by atoms with E-state index in [4.69, 9.17) is 0 Å². The van der Waals surface area contributed by atoms with Crippen LogP contribution in [0.15, 0.2) is 23.2 Å². The number of anilines is 1. The highest BCUT2D eigenvalue weighted by Gasteiger charge is 2.22. The van der Waals surface area contributed by atoms with Crippen LogP contribution in [0.3, 0.4) is 0 Å². The van der Waals surface area contributed by atoms with Crippen molar-refractivity contribution in [1.29, 1.82) is 0 Å². The number of imidazole rings is 1. The Balaban J connectivity index is 1.82. The Morgan fingerprint density at radius 1 is 1.47 bits per heavy atom. The zero-order valence-electron chi connectivity index (χ0n) is 10.8. The summed E-state index contributed by atoms with van der Waals surface area (Å²) in [5.41, 5.74) is 0.898. The lowest BCUT2D eigenvalue weighted by molar-refractivity contribution is 0.473. The maximum absolute atomic E-state index is 4.53. The van der Waals surface area contributed by atoms with Crippen molar-refractivity contribution in [3.8, 4) is 0 Å². The molecule has 3 rings (SSSR count). The van der Waals surface area contributed by atoms with Crippen molar-refractivity contribution in [2.24, 2.45) is 0 Å². The first-order valence-corrected chi connectivity index (χ1v) is 8.63. The lowest BCUT2D eigenvalue weighted by atomic mass is 9.95. The Labute approximate surface area is 125 Å². The van der Waals surface area contributed by atoms with Crippen LogP contribution in [0.2, 0.25) is 0 Å². The Morgan fingerprint density at radius 2 is 2.37 bits per heavy atom. The number of hydrogen-bond donors (Lipinski definition) is 1. The largest absolute Gasteiger partial charge is 0.364 e. The van der Waals surface area contributed by atoms with Gasteiger partial charge in [-0.15, -0.1) is 0 Å². The molecule has 6 heteroatoms. The number of fused-ring (bicyclic) bond motifs is 1. The fourth-order valence-corrected chi connectivity index (χ4v) is 3.91. The van der Waals surface area contributed by atoms with Crippen molar-refractivity contribution >= 4 is 39.2 Å². The van der Waals surface area contributed by atoms with E-state index in [9.17, 15) is 0 Å². The maximum Gasteiger partial charge on any atom is 0.180 e. The number of thioether (sulfide) groups is 1. The minimum absolute atomic E-state index is 0.508. The molecule has 0 aromatic carbocycles. The average molecular weight is 341 g/mol. The van der Waals surface area contributed by atoms with E-state index in [0.717, 1.165) is 21.3 Å². The van der Waals surface area contributed by atoms with E-state index >= 15 is 0 Å². The summed E-state index contributed by atoms with van der Waals surface area (Å²) in [6.45, 7) is 0. The van der Waals surface area contributed by atoms with Gasteiger partial charge in [0, 0.05) is 29.9 Å². The summed E-state index contributed by atoms with van der Waals surface area (Å²) in [5, 5.41) is 4.35. The molecule has 1 saturated carbocycles. The fourth-order valence-electron chi connectivity index (χ4n) is 2.68. The van der Waals surface area contributed by atoms with Gasteiger partial charge in [0.2, 0.25) is 0 Å². The first-order chi connectivity index (χ1) is 9.26. The highest BCUT2D eigenvalue weighted by atomic mass is 79.9. The molecular weight excluding hydrogens is 324 g/mol. The van der Waals surface area contributed by atoms with Gasteiger partial charge in [0.05, 0.1) is 0 Å². The van der Waals surface area contributed by atoms with Crippen molar-refractivity contribution in [2.45, 2.75) is 37.0 Å². The van der Waals surface area contributed by atoms with E-state index in [2.05, 4.69) is 37.5 Å². The second-order valence-corrected chi connectivity index (χ2v) is 6.89. The van der Waals surface area contributed by atoms with Crippen LogP contribution < -0.4 is 5.32 Å². The highest BCUT2D eigenvalue weighted by Crippen LogP contribution is 2.29. The van der Waals surface area contributed by atoms with Crippen LogP contribution in [-0.2, 0) is 0 Å². The van der Waals surface area contributed by atoms with Gasteiger partial charge < -0.3 is 9.72 Å². The van der Waals surface area contributed by atoms with Gasteiger partial charge in [-0.3, -0.25) is 0 Å². The van der Waals surface area contributed by atoms with E-state index in [1.54, 1.807) is 6.20 Å². The van der Waals surface area contributed by atoms with Crippen molar-refractivity contribution < 1.29 is 0 Å². The smallest absolute Gasteiger partial charge is 0.180 e. The monoisotopic (exact) mass is 340 g/mol. The second kappa shape index (κ2) is 5.71. The third-order valence-corrected chi connectivity index (χ3v) is 5.12. The minimum Gasteiger partial charge on any atom is -0.364 e. The number of nitrogens with zero attached hydrogens (tertiary/aromatic N) is 3. The van der Waals surface area contributed by atoms with Crippen molar-refractivity contribution in [2.75, 3.05) is 11.6 Å². The summed E-state index contributed by atoms with van der Waals surface area (Å²) < 4.78 is 2.83. The van der Waals surface area contributed by atoms with Crippen LogP contribution in [0.25, 0.3) is 5.65 Å². The quantitative estimate of drug-likeness (QED) is 0.927. The summed E-state index contributed by atoms with van der Waals surface area (Å²) in [6.07, 6.45) is 12.9. The van der Waals surface area contributed by atoms with E-state index < -0.39 is 0 Å². The van der Waals surface area contributed by atoms with Crippen molar-refractivity contribution in [1.82, 2.24) is 14.4 Å². The molecule has 0 radical (unpaired) electrons. The zero-order valence-corrected chi connectivity index (χ0v) is 13.2. The standard InChI is InChI=1S/C13H17BrN4S/c1-19-10-4-2-3-9(7-10)16-12-13-15-5-6-18(13)8-11(14)17-12/h5-6,8-10H,2-4,7H2,1H3,(H,16,17). The van der Waals surface area contributed by atoms with Crippen LogP contribution in [0.5, 0.6) is 0 Å². The fraction of sp³-hybridized carbons (Fsp3) is 0.538. The molecule has 102 valence electrons. The number of hydrogen-bond acceptors (Lipinski definition) is 4. The normalized spacial score (nSPS) is 23.7. The summed E-state index contributed by atoms with van der Waals surface area (Å²) in [7, 11) is 0. The van der Waals surface area contributed by atoms with Gasteiger partial charge in [-0.25, -0.2) is 9.97 Å². The van der Waals surface area contributed by atoms with E-state index in [1.165, 1.54) is 25.7 Å². The predicted molar refractivity (Wildman–Crippen MR) is 83.9 cm³/mol. The first-order valence-electron chi connectivity index (χ1n) is 6.55. The van der Waals surface area contributed by atoms with Crippen LogP contribution >= 0.6 is 27.7 Å². The van der Waals surface area contributed by atoms with Crippen LogP contribution in [0.4, 0.5) is 5.82 Å². The van der Waals surface area contributed by atoms with E-state index in [-0.39, 0.29) is 0 Å². The summed E-state index contributed by atoms with van der Waals surface area (Å²) >= 11 is 5.43. The van der Waals surface area contributed by atoms with Gasteiger partial charge in [-0.05, 0) is 41.4 Å². The molecule has 4 nitrogen and oxygen atoms in total. The molecule has 2 atom stereocenters. The van der Waals surface area contributed by atoms with Gasteiger partial charge >= 0.3 is 0 Å². The van der Waals surface area contributed by atoms with Gasteiger partial charge in [-0.2, -0.15) is 11.8 Å². The topological polar surface area (TPSA) is 42.2 Å². The van der Waals surface area contributed by atoms with Gasteiger partial charge in [0.1, 0.15) is 4.60 Å². The van der Waals surface area contributed by atoms with Crippen LogP contribution in [0.1, 0.15) is 25.7 Å². The molecule has 1 aliphatic carbocycles. The van der Waals surface area contributed by atoms with Gasteiger partial charge in [0.25, 0.3) is 0 Å². The highest BCUT2D eigenvalue weighted by molar-refractivity contribution is 9.10. The van der Waals surface area contributed by atoms with Crippen LogP contribution in [-0.4, -0.2) is 31.9 Å². The molecule has 0 bridgehead atoms. The molecule has 2 heterocycles. The van der Waals surface area contributed by atoms with Gasteiger partial charge in [-0.1, -0.05) is 6.42 Å². The molecule has 1 aliphatic rings. The molecule has 0 aliphatic heterocycles. The summed E-state index contributed by atoms with van der Waals surface area (Å²) in [5.74, 6) is 0.881. The maximum atomic E-state index is 4.53. The molecule has 2 aromatic heterocycles.